The molecule has 0 aromatic heterocycles. The van der Waals surface area contributed by atoms with E-state index in [0.717, 1.165) is 23.9 Å². The lowest BCUT2D eigenvalue weighted by molar-refractivity contribution is 0.127. The molecule has 0 saturated heterocycles. The number of hydrogen-bond donors (Lipinski definition) is 1. The first-order valence-electron chi connectivity index (χ1n) is 8.41. The minimum atomic E-state index is 0.545. The molecule has 0 aromatic carbocycles. The average Bonchev–Trinajstić information content (AvgIpc) is 2.69. The molecule has 4 atom stereocenters. The molecule has 18 heavy (non-hydrogen) atoms. The molecule has 3 saturated carbocycles. The van der Waals surface area contributed by atoms with E-state index in [2.05, 4.69) is 19.2 Å². The molecule has 3 aliphatic carbocycles. The van der Waals surface area contributed by atoms with Crippen molar-refractivity contribution in [2.75, 3.05) is 0 Å². The van der Waals surface area contributed by atoms with E-state index in [1.54, 1.807) is 0 Å². The largest absolute Gasteiger partial charge is 0.311 e. The van der Waals surface area contributed by atoms with E-state index in [-0.39, 0.29) is 0 Å². The summed E-state index contributed by atoms with van der Waals surface area (Å²) >= 11 is 0. The van der Waals surface area contributed by atoms with Gasteiger partial charge in [-0.1, -0.05) is 46.0 Å². The summed E-state index contributed by atoms with van der Waals surface area (Å²) in [5.41, 5.74) is 0.545. The van der Waals surface area contributed by atoms with Gasteiger partial charge in [0, 0.05) is 12.1 Å². The molecule has 0 aliphatic heterocycles. The van der Waals surface area contributed by atoms with Crippen LogP contribution in [0.3, 0.4) is 0 Å². The van der Waals surface area contributed by atoms with Gasteiger partial charge < -0.3 is 5.32 Å². The molecule has 0 amide bonds. The zero-order valence-corrected chi connectivity index (χ0v) is 12.4. The van der Waals surface area contributed by atoms with Crippen LogP contribution in [0.25, 0.3) is 0 Å². The number of hydrogen-bond acceptors (Lipinski definition) is 1. The highest BCUT2D eigenvalue weighted by molar-refractivity contribution is 4.94. The number of rotatable bonds is 2. The SMILES string of the molecule is CC1(C)CCCC1NC1CCC2CCCCC2C1. The van der Waals surface area contributed by atoms with Crippen molar-refractivity contribution >= 4 is 0 Å². The standard InChI is InChI=1S/C17H31N/c1-17(2)11-5-8-16(17)18-15-10-9-13-6-3-4-7-14(13)12-15/h13-16,18H,3-12H2,1-2H3. The summed E-state index contributed by atoms with van der Waals surface area (Å²) < 4.78 is 0. The van der Waals surface area contributed by atoms with Crippen molar-refractivity contribution in [1.29, 1.82) is 0 Å². The Bertz CT molecular complexity index is 283. The summed E-state index contributed by atoms with van der Waals surface area (Å²) in [5, 5.41) is 4.04. The summed E-state index contributed by atoms with van der Waals surface area (Å²) in [6, 6.07) is 1.63. The summed E-state index contributed by atoms with van der Waals surface area (Å²) in [6.45, 7) is 4.92. The van der Waals surface area contributed by atoms with Crippen LogP contribution in [0.4, 0.5) is 0 Å². The molecule has 1 nitrogen and oxygen atoms in total. The fourth-order valence-electron chi connectivity index (χ4n) is 4.94. The zero-order chi connectivity index (χ0) is 12.6. The van der Waals surface area contributed by atoms with E-state index < -0.39 is 0 Å². The Morgan fingerprint density at radius 3 is 2.33 bits per heavy atom. The maximum atomic E-state index is 4.04. The summed E-state index contributed by atoms with van der Waals surface area (Å²) in [7, 11) is 0. The Kier molecular flexibility index (Phi) is 3.71. The maximum absolute atomic E-state index is 4.04. The summed E-state index contributed by atoms with van der Waals surface area (Å²) in [5.74, 6) is 2.16. The van der Waals surface area contributed by atoms with Gasteiger partial charge >= 0.3 is 0 Å². The van der Waals surface area contributed by atoms with E-state index in [1.807, 2.05) is 0 Å². The van der Waals surface area contributed by atoms with E-state index in [0.29, 0.717) is 5.41 Å². The van der Waals surface area contributed by atoms with Crippen LogP contribution in [0.2, 0.25) is 0 Å². The molecule has 0 radical (unpaired) electrons. The van der Waals surface area contributed by atoms with E-state index >= 15 is 0 Å². The molecular weight excluding hydrogens is 218 g/mol. The first-order chi connectivity index (χ1) is 8.65. The zero-order valence-electron chi connectivity index (χ0n) is 12.4. The van der Waals surface area contributed by atoms with Crippen LogP contribution in [0.15, 0.2) is 0 Å². The Morgan fingerprint density at radius 1 is 0.833 bits per heavy atom. The molecule has 0 bridgehead atoms. The van der Waals surface area contributed by atoms with Gasteiger partial charge in [-0.2, -0.15) is 0 Å². The van der Waals surface area contributed by atoms with Crippen LogP contribution in [0, 0.1) is 17.3 Å². The lowest BCUT2D eigenvalue weighted by Gasteiger charge is -2.42. The van der Waals surface area contributed by atoms with E-state index in [4.69, 9.17) is 0 Å². The van der Waals surface area contributed by atoms with Crippen molar-refractivity contribution in [3.63, 3.8) is 0 Å². The fraction of sp³-hybridized carbons (Fsp3) is 1.00. The van der Waals surface area contributed by atoms with Gasteiger partial charge in [0.1, 0.15) is 0 Å². The summed E-state index contributed by atoms with van der Waals surface area (Å²) in [6.07, 6.45) is 14.8. The van der Waals surface area contributed by atoms with Crippen LogP contribution in [0.1, 0.15) is 78.1 Å². The number of fused-ring (bicyclic) bond motifs is 1. The second kappa shape index (κ2) is 5.15. The van der Waals surface area contributed by atoms with Gasteiger partial charge in [-0.05, 0) is 49.4 Å². The molecular formula is C17H31N. The molecule has 0 spiro atoms. The maximum Gasteiger partial charge on any atom is 0.0121 e. The normalized spacial score (nSPS) is 43.7. The van der Waals surface area contributed by atoms with Gasteiger partial charge in [-0.3, -0.25) is 0 Å². The second-order valence-corrected chi connectivity index (χ2v) is 7.91. The molecule has 1 heteroatoms. The summed E-state index contributed by atoms with van der Waals surface area (Å²) in [4.78, 5) is 0. The van der Waals surface area contributed by atoms with Crippen LogP contribution in [-0.4, -0.2) is 12.1 Å². The first-order valence-corrected chi connectivity index (χ1v) is 8.41. The van der Waals surface area contributed by atoms with Crippen LogP contribution < -0.4 is 5.32 Å². The molecule has 104 valence electrons. The molecule has 3 aliphatic rings. The van der Waals surface area contributed by atoms with Gasteiger partial charge in [0.25, 0.3) is 0 Å². The lowest BCUT2D eigenvalue weighted by atomic mass is 9.69. The van der Waals surface area contributed by atoms with E-state index in [1.165, 1.54) is 64.2 Å². The van der Waals surface area contributed by atoms with Crippen molar-refractivity contribution in [3.05, 3.63) is 0 Å². The van der Waals surface area contributed by atoms with Gasteiger partial charge in [0.05, 0.1) is 0 Å². The number of nitrogens with one attached hydrogen (secondary N) is 1. The second-order valence-electron chi connectivity index (χ2n) is 7.91. The Hall–Kier alpha value is -0.0400. The van der Waals surface area contributed by atoms with Crippen LogP contribution in [-0.2, 0) is 0 Å². The average molecular weight is 249 g/mol. The first kappa shape index (κ1) is 13.0. The van der Waals surface area contributed by atoms with Crippen molar-refractivity contribution < 1.29 is 0 Å². The fourth-order valence-corrected chi connectivity index (χ4v) is 4.94. The van der Waals surface area contributed by atoms with Crippen LogP contribution in [0.5, 0.6) is 0 Å². The van der Waals surface area contributed by atoms with Gasteiger partial charge in [0.2, 0.25) is 0 Å². The predicted octanol–water partition coefficient (Wildman–Crippen LogP) is 4.51. The molecule has 0 heterocycles. The van der Waals surface area contributed by atoms with Gasteiger partial charge in [-0.25, -0.2) is 0 Å². The third-order valence-corrected chi connectivity index (χ3v) is 6.23. The quantitative estimate of drug-likeness (QED) is 0.759. The van der Waals surface area contributed by atoms with Crippen molar-refractivity contribution in [1.82, 2.24) is 5.32 Å². The molecule has 1 N–H and O–H groups in total. The third kappa shape index (κ3) is 2.61. The smallest absolute Gasteiger partial charge is 0.0121 e. The topological polar surface area (TPSA) is 12.0 Å². The lowest BCUT2D eigenvalue weighted by Crippen LogP contribution is -2.47. The Morgan fingerprint density at radius 2 is 1.61 bits per heavy atom. The molecule has 0 aromatic rings. The highest BCUT2D eigenvalue weighted by Gasteiger charge is 2.38. The monoisotopic (exact) mass is 249 g/mol. The third-order valence-electron chi connectivity index (χ3n) is 6.23. The van der Waals surface area contributed by atoms with Crippen molar-refractivity contribution in [2.24, 2.45) is 17.3 Å². The highest BCUT2D eigenvalue weighted by atomic mass is 15.0. The minimum absolute atomic E-state index is 0.545. The van der Waals surface area contributed by atoms with Crippen LogP contribution >= 0.6 is 0 Å². The Balaban J connectivity index is 1.55. The highest BCUT2D eigenvalue weighted by Crippen LogP contribution is 2.42. The van der Waals surface area contributed by atoms with E-state index in [9.17, 15) is 0 Å². The Labute approximate surface area is 113 Å². The minimum Gasteiger partial charge on any atom is -0.311 e. The van der Waals surface area contributed by atoms with Crippen molar-refractivity contribution in [3.8, 4) is 0 Å². The van der Waals surface area contributed by atoms with Crippen molar-refractivity contribution in [2.45, 2.75) is 90.1 Å². The van der Waals surface area contributed by atoms with Gasteiger partial charge in [0.15, 0.2) is 0 Å². The van der Waals surface area contributed by atoms with Gasteiger partial charge in [-0.15, -0.1) is 0 Å². The molecule has 4 unspecified atom stereocenters. The predicted molar refractivity (Wildman–Crippen MR) is 77.6 cm³/mol. The molecule has 3 rings (SSSR count). The molecule has 3 fully saturated rings.